The number of likely N-dealkylation sites (N-methyl/N-ethyl adjacent to an activating group) is 1. The molecule has 102 valence electrons. The zero-order chi connectivity index (χ0) is 13.8. The summed E-state index contributed by atoms with van der Waals surface area (Å²) in [5.74, 6) is 0.149. The van der Waals surface area contributed by atoms with E-state index < -0.39 is 9.84 Å². The van der Waals surface area contributed by atoms with Crippen LogP contribution in [0.2, 0.25) is 0 Å². The van der Waals surface area contributed by atoms with Crippen molar-refractivity contribution in [1.82, 2.24) is 4.90 Å². The Morgan fingerprint density at radius 1 is 1.33 bits per heavy atom. The molecular formula is C12H19BrN2O2S. The Morgan fingerprint density at radius 3 is 2.33 bits per heavy atom. The number of nitrogens with two attached hydrogens (primary N) is 1. The number of hydrogen-bond acceptors (Lipinski definition) is 4. The average Bonchev–Trinajstić information content (AvgIpc) is 2.29. The van der Waals surface area contributed by atoms with Gasteiger partial charge in [-0.2, -0.15) is 0 Å². The van der Waals surface area contributed by atoms with E-state index in [2.05, 4.69) is 15.9 Å². The van der Waals surface area contributed by atoms with Crippen molar-refractivity contribution in [3.63, 3.8) is 0 Å². The first-order valence-corrected chi connectivity index (χ1v) is 8.52. The highest BCUT2D eigenvalue weighted by Gasteiger charge is 2.16. The maximum Gasteiger partial charge on any atom is 0.148 e. The molecule has 0 aliphatic heterocycles. The van der Waals surface area contributed by atoms with Gasteiger partial charge in [-0.15, -0.1) is 0 Å². The Balaban J connectivity index is 2.74. The molecule has 0 aromatic heterocycles. The second-order valence-corrected chi connectivity index (χ2v) is 7.59. The first-order chi connectivity index (χ1) is 8.33. The van der Waals surface area contributed by atoms with Crippen molar-refractivity contribution in [3.05, 3.63) is 34.3 Å². The summed E-state index contributed by atoms with van der Waals surface area (Å²) < 4.78 is 23.3. The normalized spacial score (nSPS) is 13.8. The van der Waals surface area contributed by atoms with Gasteiger partial charge in [-0.05, 0) is 24.7 Å². The molecular weight excluding hydrogens is 316 g/mol. The Hall–Kier alpha value is -0.430. The summed E-state index contributed by atoms with van der Waals surface area (Å²) in [6.07, 6.45) is 1.25. The highest BCUT2D eigenvalue weighted by atomic mass is 79.9. The molecule has 0 aliphatic carbocycles. The molecule has 0 radical (unpaired) electrons. The van der Waals surface area contributed by atoms with E-state index >= 15 is 0 Å². The van der Waals surface area contributed by atoms with Gasteiger partial charge in [0.05, 0.1) is 5.75 Å². The highest BCUT2D eigenvalue weighted by Crippen LogP contribution is 2.20. The summed E-state index contributed by atoms with van der Waals surface area (Å²) in [6.45, 7) is 0.943. The molecule has 0 spiro atoms. The first kappa shape index (κ1) is 15.6. The number of benzene rings is 1. The van der Waals surface area contributed by atoms with Crippen LogP contribution in [0.5, 0.6) is 0 Å². The number of hydrogen-bond donors (Lipinski definition) is 1. The second-order valence-electron chi connectivity index (χ2n) is 4.41. The maximum atomic E-state index is 11.2. The average molecular weight is 335 g/mol. The lowest BCUT2D eigenvalue weighted by atomic mass is 10.1. The monoisotopic (exact) mass is 334 g/mol. The van der Waals surface area contributed by atoms with E-state index in [0.717, 1.165) is 10.0 Å². The lowest BCUT2D eigenvalue weighted by Crippen LogP contribution is -2.33. The second kappa shape index (κ2) is 6.65. The molecule has 1 rings (SSSR count). The molecule has 1 aromatic carbocycles. The van der Waals surface area contributed by atoms with Crippen molar-refractivity contribution in [3.8, 4) is 0 Å². The van der Waals surface area contributed by atoms with Crippen molar-refractivity contribution in [2.24, 2.45) is 5.73 Å². The van der Waals surface area contributed by atoms with E-state index in [1.54, 1.807) is 0 Å². The van der Waals surface area contributed by atoms with Crippen molar-refractivity contribution in [2.45, 2.75) is 6.04 Å². The van der Waals surface area contributed by atoms with Gasteiger partial charge in [-0.25, -0.2) is 8.42 Å². The van der Waals surface area contributed by atoms with Gasteiger partial charge in [-0.3, -0.25) is 4.90 Å². The predicted molar refractivity (Wildman–Crippen MR) is 78.3 cm³/mol. The Kier molecular flexibility index (Phi) is 5.78. The summed E-state index contributed by atoms with van der Waals surface area (Å²) in [4.78, 5) is 1.98. The molecule has 6 heteroatoms. The van der Waals surface area contributed by atoms with E-state index in [1.165, 1.54) is 6.26 Å². The van der Waals surface area contributed by atoms with Crippen LogP contribution in [0.1, 0.15) is 11.6 Å². The van der Waals surface area contributed by atoms with Crippen molar-refractivity contribution in [2.75, 3.05) is 32.1 Å². The zero-order valence-corrected chi connectivity index (χ0v) is 13.0. The minimum Gasteiger partial charge on any atom is -0.329 e. The highest BCUT2D eigenvalue weighted by molar-refractivity contribution is 9.10. The molecule has 0 saturated carbocycles. The van der Waals surface area contributed by atoms with Crippen LogP contribution in [-0.4, -0.2) is 45.5 Å². The van der Waals surface area contributed by atoms with Crippen LogP contribution < -0.4 is 5.73 Å². The van der Waals surface area contributed by atoms with Crippen LogP contribution in [0, 0.1) is 0 Å². The Labute approximate surface area is 117 Å². The first-order valence-electron chi connectivity index (χ1n) is 5.67. The minimum absolute atomic E-state index is 0.0415. The summed E-state index contributed by atoms with van der Waals surface area (Å²) in [5, 5.41) is 0. The fraction of sp³-hybridized carbons (Fsp3) is 0.500. The van der Waals surface area contributed by atoms with Gasteiger partial charge in [0, 0.05) is 29.9 Å². The smallest absolute Gasteiger partial charge is 0.148 e. The van der Waals surface area contributed by atoms with Crippen LogP contribution in [0.15, 0.2) is 28.7 Å². The van der Waals surface area contributed by atoms with Crippen molar-refractivity contribution < 1.29 is 8.42 Å². The summed E-state index contributed by atoms with van der Waals surface area (Å²) in [7, 11) is -1.05. The lowest BCUT2D eigenvalue weighted by Gasteiger charge is -2.27. The number of nitrogens with zero attached hydrogens (tertiary/aromatic N) is 1. The predicted octanol–water partition coefficient (Wildman–Crippen LogP) is 1.43. The van der Waals surface area contributed by atoms with E-state index in [0.29, 0.717) is 13.1 Å². The van der Waals surface area contributed by atoms with E-state index in [4.69, 9.17) is 5.73 Å². The van der Waals surface area contributed by atoms with Gasteiger partial charge in [0.15, 0.2) is 0 Å². The van der Waals surface area contributed by atoms with Crippen molar-refractivity contribution in [1.29, 1.82) is 0 Å². The summed E-state index contributed by atoms with van der Waals surface area (Å²) in [6, 6.07) is 7.96. The molecule has 0 bridgehead atoms. The standard InChI is InChI=1S/C12H19BrN2O2S/c1-15(7-8-18(2,16)17)12(9-14)10-3-5-11(13)6-4-10/h3-6,12H,7-9,14H2,1-2H3. The van der Waals surface area contributed by atoms with Crippen LogP contribution in [-0.2, 0) is 9.84 Å². The minimum atomic E-state index is -2.94. The molecule has 0 heterocycles. The molecule has 0 amide bonds. The third-order valence-electron chi connectivity index (χ3n) is 2.82. The molecule has 1 aromatic rings. The Morgan fingerprint density at radius 2 is 1.89 bits per heavy atom. The third kappa shape index (κ3) is 5.06. The van der Waals surface area contributed by atoms with E-state index in [1.807, 2.05) is 36.2 Å². The van der Waals surface area contributed by atoms with Crippen LogP contribution in [0.4, 0.5) is 0 Å². The fourth-order valence-electron chi connectivity index (χ4n) is 1.72. The molecule has 0 aliphatic rings. The topological polar surface area (TPSA) is 63.4 Å². The fourth-order valence-corrected chi connectivity index (χ4v) is 2.61. The van der Waals surface area contributed by atoms with Crippen LogP contribution in [0.3, 0.4) is 0 Å². The molecule has 2 N–H and O–H groups in total. The Bertz CT molecular complexity index is 473. The zero-order valence-electron chi connectivity index (χ0n) is 10.6. The summed E-state index contributed by atoms with van der Waals surface area (Å²) >= 11 is 3.39. The molecule has 1 atom stereocenters. The SMILES string of the molecule is CN(CCS(C)(=O)=O)C(CN)c1ccc(Br)cc1. The number of rotatable bonds is 6. The molecule has 0 saturated heterocycles. The number of halogens is 1. The third-order valence-corrected chi connectivity index (χ3v) is 4.28. The van der Waals surface area contributed by atoms with Gasteiger partial charge >= 0.3 is 0 Å². The molecule has 0 fully saturated rings. The summed E-state index contributed by atoms with van der Waals surface area (Å²) in [5.41, 5.74) is 6.87. The van der Waals surface area contributed by atoms with E-state index in [-0.39, 0.29) is 11.8 Å². The quantitative estimate of drug-likeness (QED) is 0.854. The van der Waals surface area contributed by atoms with Gasteiger partial charge in [0.2, 0.25) is 0 Å². The molecule has 1 unspecified atom stereocenters. The van der Waals surface area contributed by atoms with Gasteiger partial charge in [0.1, 0.15) is 9.84 Å². The van der Waals surface area contributed by atoms with E-state index in [9.17, 15) is 8.42 Å². The van der Waals surface area contributed by atoms with Gasteiger partial charge in [0.25, 0.3) is 0 Å². The van der Waals surface area contributed by atoms with Gasteiger partial charge < -0.3 is 5.73 Å². The van der Waals surface area contributed by atoms with Gasteiger partial charge in [-0.1, -0.05) is 28.1 Å². The molecule has 4 nitrogen and oxygen atoms in total. The van der Waals surface area contributed by atoms with Crippen molar-refractivity contribution >= 4 is 25.8 Å². The maximum absolute atomic E-state index is 11.2. The molecule has 18 heavy (non-hydrogen) atoms. The number of sulfone groups is 1. The largest absolute Gasteiger partial charge is 0.329 e. The van der Waals surface area contributed by atoms with Crippen LogP contribution in [0.25, 0.3) is 0 Å². The van der Waals surface area contributed by atoms with Crippen LogP contribution >= 0.6 is 15.9 Å². The lowest BCUT2D eigenvalue weighted by molar-refractivity contribution is 0.264.